The van der Waals surface area contributed by atoms with Crippen molar-refractivity contribution < 1.29 is 4.74 Å². The average Bonchev–Trinajstić information content (AvgIpc) is 2.51. The van der Waals surface area contributed by atoms with E-state index in [4.69, 9.17) is 4.74 Å². The first kappa shape index (κ1) is 10.2. The van der Waals surface area contributed by atoms with E-state index < -0.39 is 0 Å². The van der Waals surface area contributed by atoms with Gasteiger partial charge in [-0.25, -0.2) is 0 Å². The molecule has 2 bridgehead atoms. The maximum Gasteiger partial charge on any atom is 0.119 e. The number of hydrogen-bond acceptors (Lipinski definition) is 2. The fourth-order valence-electron chi connectivity index (χ4n) is 3.52. The van der Waals surface area contributed by atoms with Gasteiger partial charge in [0.1, 0.15) is 5.75 Å². The number of benzene rings is 1. The molecule has 0 N–H and O–H groups in total. The van der Waals surface area contributed by atoms with E-state index in [1.54, 1.807) is 7.11 Å². The first-order valence-corrected chi connectivity index (χ1v) is 6.00. The Bertz CT molecular complexity index is 425. The van der Waals surface area contributed by atoms with Gasteiger partial charge in [0.05, 0.1) is 7.11 Å². The summed E-state index contributed by atoms with van der Waals surface area (Å²) in [6.07, 6.45) is 2.50. The van der Waals surface area contributed by atoms with Crippen molar-refractivity contribution in [2.75, 3.05) is 20.7 Å². The Balaban J connectivity index is 2.11. The highest BCUT2D eigenvalue weighted by Crippen LogP contribution is 2.45. The lowest BCUT2D eigenvalue weighted by Gasteiger charge is -2.31. The van der Waals surface area contributed by atoms with Crippen LogP contribution in [0.25, 0.3) is 0 Å². The van der Waals surface area contributed by atoms with E-state index in [1.165, 1.54) is 30.5 Å². The molecule has 0 spiro atoms. The molecule has 86 valence electrons. The molecule has 2 heteroatoms. The van der Waals surface area contributed by atoms with E-state index in [-0.39, 0.29) is 0 Å². The normalized spacial score (nSPS) is 32.6. The van der Waals surface area contributed by atoms with Crippen molar-refractivity contribution in [2.24, 2.45) is 0 Å². The standard InChI is InChI=1S/C14H19NO/c1-14-8-11(15(2)9-14)6-10-4-5-12(16-3)7-13(10)14/h4-5,7,11H,6,8-9H2,1-3H3/t11-,14+/m1/s1. The average molecular weight is 217 g/mol. The highest BCUT2D eigenvalue weighted by molar-refractivity contribution is 5.44. The fraction of sp³-hybridized carbons (Fsp3) is 0.571. The highest BCUT2D eigenvalue weighted by Gasteiger charge is 2.44. The van der Waals surface area contributed by atoms with Crippen molar-refractivity contribution in [3.63, 3.8) is 0 Å². The molecule has 1 fully saturated rings. The highest BCUT2D eigenvalue weighted by atomic mass is 16.5. The Kier molecular flexibility index (Phi) is 2.05. The van der Waals surface area contributed by atoms with Crippen LogP contribution in [-0.2, 0) is 11.8 Å². The first-order valence-electron chi connectivity index (χ1n) is 6.00. The second-order valence-electron chi connectivity index (χ2n) is 5.56. The van der Waals surface area contributed by atoms with Gasteiger partial charge in [-0.2, -0.15) is 0 Å². The van der Waals surface area contributed by atoms with Crippen molar-refractivity contribution in [3.05, 3.63) is 29.3 Å². The lowest BCUT2D eigenvalue weighted by Crippen LogP contribution is -2.28. The number of likely N-dealkylation sites (tertiary alicyclic amines) is 1. The van der Waals surface area contributed by atoms with Gasteiger partial charge in [-0.05, 0) is 43.1 Å². The van der Waals surface area contributed by atoms with Gasteiger partial charge >= 0.3 is 0 Å². The Morgan fingerprint density at radius 3 is 3.00 bits per heavy atom. The largest absolute Gasteiger partial charge is 0.497 e. The Morgan fingerprint density at radius 1 is 1.44 bits per heavy atom. The summed E-state index contributed by atoms with van der Waals surface area (Å²) in [6, 6.07) is 7.32. The molecule has 2 nitrogen and oxygen atoms in total. The maximum atomic E-state index is 5.34. The van der Waals surface area contributed by atoms with Crippen LogP contribution < -0.4 is 4.74 Å². The molecule has 1 aliphatic carbocycles. The molecule has 1 aromatic carbocycles. The number of hydrogen-bond donors (Lipinski definition) is 0. The molecule has 1 aliphatic heterocycles. The molecular formula is C14H19NO. The van der Waals surface area contributed by atoms with E-state index in [0.717, 1.165) is 11.8 Å². The zero-order valence-corrected chi connectivity index (χ0v) is 10.3. The molecule has 2 aliphatic rings. The zero-order chi connectivity index (χ0) is 11.3. The predicted octanol–water partition coefficient (Wildman–Crippen LogP) is 2.21. The van der Waals surface area contributed by atoms with Crippen molar-refractivity contribution in [3.8, 4) is 5.75 Å². The van der Waals surface area contributed by atoms with Crippen LogP contribution in [0.15, 0.2) is 18.2 Å². The molecule has 0 radical (unpaired) electrons. The third kappa shape index (κ3) is 1.29. The monoisotopic (exact) mass is 217 g/mol. The maximum absolute atomic E-state index is 5.34. The molecule has 1 aromatic rings. The fourth-order valence-corrected chi connectivity index (χ4v) is 3.52. The quantitative estimate of drug-likeness (QED) is 0.715. The van der Waals surface area contributed by atoms with Crippen molar-refractivity contribution in [2.45, 2.75) is 31.2 Å². The number of nitrogens with zero attached hydrogens (tertiary/aromatic N) is 1. The lowest BCUT2D eigenvalue weighted by molar-refractivity contribution is 0.309. The zero-order valence-electron chi connectivity index (χ0n) is 10.3. The minimum atomic E-state index is 0.335. The van der Waals surface area contributed by atoms with Gasteiger partial charge in [0.15, 0.2) is 0 Å². The lowest BCUT2D eigenvalue weighted by atomic mass is 9.73. The van der Waals surface area contributed by atoms with Crippen LogP contribution in [0.2, 0.25) is 0 Å². The summed E-state index contributed by atoms with van der Waals surface area (Å²) in [6.45, 7) is 3.57. The number of likely N-dealkylation sites (N-methyl/N-ethyl adjacent to an activating group) is 1. The van der Waals surface area contributed by atoms with E-state index in [1.807, 2.05) is 0 Å². The molecule has 2 atom stereocenters. The molecule has 1 saturated heterocycles. The topological polar surface area (TPSA) is 12.5 Å². The Morgan fingerprint density at radius 2 is 2.25 bits per heavy atom. The van der Waals surface area contributed by atoms with Gasteiger partial charge in [-0.15, -0.1) is 0 Å². The molecule has 3 rings (SSSR count). The molecule has 0 unspecified atom stereocenters. The van der Waals surface area contributed by atoms with E-state index in [0.29, 0.717) is 5.41 Å². The third-order valence-electron chi connectivity index (χ3n) is 4.33. The summed E-state index contributed by atoms with van der Waals surface area (Å²) >= 11 is 0. The van der Waals surface area contributed by atoms with Gasteiger partial charge in [0.25, 0.3) is 0 Å². The van der Waals surface area contributed by atoms with Crippen LogP contribution in [0.3, 0.4) is 0 Å². The molecular weight excluding hydrogens is 198 g/mol. The molecule has 0 aromatic heterocycles. The SMILES string of the molecule is COc1ccc2c(c1)[C@@]1(C)C[C@@H](C2)N(C)C1. The van der Waals surface area contributed by atoms with Gasteiger partial charge in [0.2, 0.25) is 0 Å². The molecule has 16 heavy (non-hydrogen) atoms. The number of rotatable bonds is 1. The predicted molar refractivity (Wildman–Crippen MR) is 65.1 cm³/mol. The van der Waals surface area contributed by atoms with Gasteiger partial charge < -0.3 is 9.64 Å². The number of ether oxygens (including phenoxy) is 1. The van der Waals surface area contributed by atoms with E-state index >= 15 is 0 Å². The first-order chi connectivity index (χ1) is 7.62. The summed E-state index contributed by atoms with van der Waals surface area (Å²) < 4.78 is 5.34. The smallest absolute Gasteiger partial charge is 0.119 e. The summed E-state index contributed by atoms with van der Waals surface area (Å²) in [5.74, 6) is 0.993. The number of methoxy groups -OCH3 is 1. The molecule has 0 amide bonds. The molecule has 1 heterocycles. The van der Waals surface area contributed by atoms with Crippen LogP contribution >= 0.6 is 0 Å². The summed E-state index contributed by atoms with van der Waals surface area (Å²) in [7, 11) is 4.00. The van der Waals surface area contributed by atoms with Crippen molar-refractivity contribution >= 4 is 0 Å². The van der Waals surface area contributed by atoms with Gasteiger partial charge in [-0.1, -0.05) is 13.0 Å². The summed E-state index contributed by atoms with van der Waals surface area (Å²) in [5, 5.41) is 0. The third-order valence-corrected chi connectivity index (χ3v) is 4.33. The van der Waals surface area contributed by atoms with E-state index in [2.05, 4.69) is 37.1 Å². The van der Waals surface area contributed by atoms with Crippen molar-refractivity contribution in [1.29, 1.82) is 0 Å². The molecule has 0 saturated carbocycles. The minimum Gasteiger partial charge on any atom is -0.497 e. The summed E-state index contributed by atoms with van der Waals surface area (Å²) in [5.41, 5.74) is 3.36. The van der Waals surface area contributed by atoms with Gasteiger partial charge in [0, 0.05) is 18.0 Å². The van der Waals surface area contributed by atoms with Crippen LogP contribution in [0.4, 0.5) is 0 Å². The van der Waals surface area contributed by atoms with E-state index in [9.17, 15) is 0 Å². The second-order valence-corrected chi connectivity index (χ2v) is 5.56. The Labute approximate surface area is 97.2 Å². The van der Waals surface area contributed by atoms with Crippen LogP contribution in [0.5, 0.6) is 5.75 Å². The van der Waals surface area contributed by atoms with Crippen molar-refractivity contribution in [1.82, 2.24) is 4.90 Å². The Hall–Kier alpha value is -1.02. The van der Waals surface area contributed by atoms with Crippen LogP contribution in [0, 0.1) is 0 Å². The number of fused-ring (bicyclic) bond motifs is 4. The second kappa shape index (κ2) is 3.24. The summed E-state index contributed by atoms with van der Waals surface area (Å²) in [4.78, 5) is 2.51. The minimum absolute atomic E-state index is 0.335. The van der Waals surface area contributed by atoms with Gasteiger partial charge in [-0.3, -0.25) is 0 Å². The van der Waals surface area contributed by atoms with Crippen LogP contribution in [0.1, 0.15) is 24.5 Å². The van der Waals surface area contributed by atoms with Crippen LogP contribution in [-0.4, -0.2) is 31.6 Å².